The zero-order valence-electron chi connectivity index (χ0n) is 10.1. The number of allylic oxidation sites excluding steroid dienone is 1. The van der Waals surface area contributed by atoms with Crippen LogP contribution in [0.4, 0.5) is 0 Å². The lowest BCUT2D eigenvalue weighted by Crippen LogP contribution is -1.83. The Morgan fingerprint density at radius 1 is 1.19 bits per heavy atom. The van der Waals surface area contributed by atoms with Crippen LogP contribution in [0.3, 0.4) is 0 Å². The molecule has 1 heteroatoms. The first-order valence-electron chi connectivity index (χ1n) is 5.56. The van der Waals surface area contributed by atoms with Gasteiger partial charge in [0.1, 0.15) is 0 Å². The second-order valence-corrected chi connectivity index (χ2v) is 4.09. The Labute approximate surface area is 96.5 Å². The van der Waals surface area contributed by atoms with E-state index in [1.807, 2.05) is 13.0 Å². The summed E-state index contributed by atoms with van der Waals surface area (Å²) in [4.78, 5) is 3.40. The Hall–Kier alpha value is -1.76. The quantitative estimate of drug-likeness (QED) is 0.754. The highest BCUT2D eigenvalue weighted by molar-refractivity contribution is 5.97. The maximum Gasteiger partial charge on any atom is 0.0468 e. The van der Waals surface area contributed by atoms with Crippen LogP contribution in [0.15, 0.2) is 24.8 Å². The average Bonchev–Trinajstić information content (AvgIpc) is 2.58. The van der Waals surface area contributed by atoms with Gasteiger partial charge in [-0.15, -0.1) is 0 Å². The first-order valence-corrected chi connectivity index (χ1v) is 5.56. The summed E-state index contributed by atoms with van der Waals surface area (Å²) < 4.78 is 0. The molecule has 0 aliphatic heterocycles. The molecule has 0 saturated heterocycles. The molecule has 1 heterocycles. The molecule has 0 radical (unpaired) electrons. The molecule has 16 heavy (non-hydrogen) atoms. The van der Waals surface area contributed by atoms with Crippen LogP contribution in [0, 0.1) is 13.8 Å². The van der Waals surface area contributed by atoms with Gasteiger partial charge in [-0.1, -0.05) is 30.9 Å². The number of benzene rings is 1. The van der Waals surface area contributed by atoms with E-state index in [9.17, 15) is 0 Å². The number of nitrogens with one attached hydrogen (secondary N) is 1. The number of aromatic nitrogens is 1. The smallest absolute Gasteiger partial charge is 0.0468 e. The fourth-order valence-corrected chi connectivity index (χ4v) is 2.21. The van der Waals surface area contributed by atoms with Crippen molar-refractivity contribution in [1.29, 1.82) is 0 Å². The minimum absolute atomic E-state index is 1.18. The Bertz CT molecular complexity index is 571. The molecule has 1 aromatic carbocycles. The third kappa shape index (κ3) is 1.49. The number of fused-ring (bicyclic) bond motifs is 1. The van der Waals surface area contributed by atoms with Gasteiger partial charge in [-0.3, -0.25) is 0 Å². The van der Waals surface area contributed by atoms with E-state index in [2.05, 4.69) is 49.7 Å². The first-order chi connectivity index (χ1) is 7.69. The van der Waals surface area contributed by atoms with Crippen LogP contribution >= 0.6 is 0 Å². The van der Waals surface area contributed by atoms with E-state index in [0.29, 0.717) is 0 Å². The monoisotopic (exact) mass is 211 g/mol. The third-order valence-electron chi connectivity index (χ3n) is 3.00. The minimum Gasteiger partial charge on any atom is -0.358 e. The van der Waals surface area contributed by atoms with Crippen LogP contribution in [0.1, 0.15) is 29.3 Å². The lowest BCUT2D eigenvalue weighted by Gasteiger charge is -2.04. The van der Waals surface area contributed by atoms with E-state index in [-0.39, 0.29) is 0 Å². The van der Waals surface area contributed by atoms with Crippen molar-refractivity contribution < 1.29 is 0 Å². The zero-order chi connectivity index (χ0) is 11.7. The van der Waals surface area contributed by atoms with Gasteiger partial charge in [-0.05, 0) is 38.0 Å². The Morgan fingerprint density at radius 3 is 2.56 bits per heavy atom. The molecule has 0 aliphatic rings. The molecule has 0 amide bonds. The van der Waals surface area contributed by atoms with Crippen molar-refractivity contribution >= 4 is 23.1 Å². The molecule has 0 unspecified atom stereocenters. The van der Waals surface area contributed by atoms with Crippen LogP contribution in [-0.4, -0.2) is 4.98 Å². The van der Waals surface area contributed by atoms with Crippen LogP contribution in [0.25, 0.3) is 23.1 Å². The van der Waals surface area contributed by atoms with Gasteiger partial charge in [-0.25, -0.2) is 0 Å². The Morgan fingerprint density at radius 2 is 1.94 bits per heavy atom. The molecule has 0 bridgehead atoms. The maximum atomic E-state index is 3.90. The Balaban J connectivity index is 2.94. The second kappa shape index (κ2) is 4.01. The highest BCUT2D eigenvalue weighted by Gasteiger charge is 2.09. The number of rotatable bonds is 2. The van der Waals surface area contributed by atoms with Crippen molar-refractivity contribution in [2.24, 2.45) is 0 Å². The second-order valence-electron chi connectivity index (χ2n) is 4.09. The molecular formula is C15H17N. The van der Waals surface area contributed by atoms with Crippen molar-refractivity contribution in [3.63, 3.8) is 0 Å². The summed E-state index contributed by atoms with van der Waals surface area (Å²) in [6, 6.07) is 4.29. The number of hydrogen-bond donors (Lipinski definition) is 1. The SMILES string of the molecule is C=Cc1c(C)[nH]c2ccc(C)c(/C=C\C)c12. The maximum absolute atomic E-state index is 3.90. The lowest BCUT2D eigenvalue weighted by molar-refractivity contribution is 1.29. The molecular weight excluding hydrogens is 194 g/mol. The van der Waals surface area contributed by atoms with E-state index < -0.39 is 0 Å². The highest BCUT2D eigenvalue weighted by atomic mass is 14.7. The molecule has 1 aromatic heterocycles. The van der Waals surface area contributed by atoms with Gasteiger partial charge >= 0.3 is 0 Å². The number of hydrogen-bond acceptors (Lipinski definition) is 0. The van der Waals surface area contributed by atoms with Gasteiger partial charge in [-0.2, -0.15) is 0 Å². The molecule has 1 N–H and O–H groups in total. The molecule has 0 atom stereocenters. The molecule has 1 nitrogen and oxygen atoms in total. The normalized spacial score (nSPS) is 11.4. The lowest BCUT2D eigenvalue weighted by atomic mass is 10.00. The summed E-state index contributed by atoms with van der Waals surface area (Å²) in [7, 11) is 0. The Kier molecular flexibility index (Phi) is 2.69. The van der Waals surface area contributed by atoms with Crippen molar-refractivity contribution in [1.82, 2.24) is 4.98 Å². The molecule has 0 fully saturated rings. The number of aryl methyl sites for hydroxylation is 2. The van der Waals surface area contributed by atoms with E-state index in [4.69, 9.17) is 0 Å². The van der Waals surface area contributed by atoms with E-state index in [1.54, 1.807) is 0 Å². The van der Waals surface area contributed by atoms with Crippen LogP contribution in [0.5, 0.6) is 0 Å². The van der Waals surface area contributed by atoms with Gasteiger partial charge in [0.15, 0.2) is 0 Å². The van der Waals surface area contributed by atoms with Gasteiger partial charge < -0.3 is 4.98 Å². The minimum atomic E-state index is 1.18. The van der Waals surface area contributed by atoms with Crippen molar-refractivity contribution in [3.05, 3.63) is 47.2 Å². The standard InChI is InChI=1S/C15H17N/c1-5-7-13-10(3)8-9-14-15(13)12(6-2)11(4)16-14/h5-9,16H,2H2,1,3-4H3/b7-5-. The summed E-state index contributed by atoms with van der Waals surface area (Å²) in [5.41, 5.74) is 6.17. The predicted octanol–water partition coefficient (Wildman–Crippen LogP) is 4.46. The fourth-order valence-electron chi connectivity index (χ4n) is 2.21. The third-order valence-corrected chi connectivity index (χ3v) is 3.00. The van der Waals surface area contributed by atoms with Crippen molar-refractivity contribution in [2.45, 2.75) is 20.8 Å². The molecule has 0 saturated carbocycles. The first kappa shape index (κ1) is 10.7. The van der Waals surface area contributed by atoms with Gasteiger partial charge in [0, 0.05) is 22.2 Å². The van der Waals surface area contributed by atoms with E-state index >= 15 is 0 Å². The molecule has 82 valence electrons. The summed E-state index contributed by atoms with van der Waals surface area (Å²) in [6.07, 6.45) is 6.18. The summed E-state index contributed by atoms with van der Waals surface area (Å²) >= 11 is 0. The molecule has 2 aromatic rings. The van der Waals surface area contributed by atoms with Gasteiger partial charge in [0.25, 0.3) is 0 Å². The predicted molar refractivity (Wildman–Crippen MR) is 72.6 cm³/mol. The number of H-pyrrole nitrogens is 1. The van der Waals surface area contributed by atoms with Crippen LogP contribution in [0.2, 0.25) is 0 Å². The topological polar surface area (TPSA) is 15.8 Å². The summed E-state index contributed by atoms with van der Waals surface area (Å²) in [5, 5.41) is 1.28. The van der Waals surface area contributed by atoms with Crippen LogP contribution < -0.4 is 0 Å². The van der Waals surface area contributed by atoms with Gasteiger partial charge in [0.05, 0.1) is 0 Å². The summed E-state index contributed by atoms with van der Waals surface area (Å²) in [5.74, 6) is 0. The van der Waals surface area contributed by atoms with Crippen LogP contribution in [-0.2, 0) is 0 Å². The van der Waals surface area contributed by atoms with Gasteiger partial charge in [0.2, 0.25) is 0 Å². The largest absolute Gasteiger partial charge is 0.358 e. The molecule has 0 aliphatic carbocycles. The van der Waals surface area contributed by atoms with Crippen molar-refractivity contribution in [3.8, 4) is 0 Å². The summed E-state index contributed by atoms with van der Waals surface area (Å²) in [6.45, 7) is 10.2. The fraction of sp³-hybridized carbons (Fsp3) is 0.200. The van der Waals surface area contributed by atoms with E-state index in [0.717, 1.165) is 0 Å². The zero-order valence-corrected chi connectivity index (χ0v) is 10.1. The average molecular weight is 211 g/mol. The molecule has 2 rings (SSSR count). The number of aromatic amines is 1. The van der Waals surface area contributed by atoms with Crippen molar-refractivity contribution in [2.75, 3.05) is 0 Å². The van der Waals surface area contributed by atoms with E-state index in [1.165, 1.54) is 33.3 Å². The highest BCUT2D eigenvalue weighted by Crippen LogP contribution is 2.29. The molecule has 0 spiro atoms.